The number of para-hydroxylation sites is 1. The topological polar surface area (TPSA) is 51.6 Å². The summed E-state index contributed by atoms with van der Waals surface area (Å²) in [6, 6.07) is 15.4. The summed E-state index contributed by atoms with van der Waals surface area (Å²) in [7, 11) is 3.23. The summed E-state index contributed by atoms with van der Waals surface area (Å²) in [5.41, 5.74) is 3.01. The van der Waals surface area contributed by atoms with Gasteiger partial charge in [-0.1, -0.05) is 18.2 Å². The predicted molar refractivity (Wildman–Crippen MR) is 90.4 cm³/mol. The molecule has 3 aromatic rings. The number of ether oxygens (including phenoxy) is 2. The van der Waals surface area contributed by atoms with Crippen molar-refractivity contribution in [3.63, 3.8) is 0 Å². The number of hydrogen-bond donors (Lipinski definition) is 1. The van der Waals surface area contributed by atoms with Crippen LogP contribution in [-0.4, -0.2) is 24.3 Å². The largest absolute Gasteiger partial charge is 0.504 e. The highest BCUT2D eigenvalue weighted by molar-refractivity contribution is 5.85. The smallest absolute Gasteiger partial charge is 0.160 e. The summed E-state index contributed by atoms with van der Waals surface area (Å²) in [6.07, 6.45) is 1.60. The SMILES string of the molecule is COc1cc(CCc2cc(OC)c3ccccc3n2)ccc1O. The third-order valence-corrected chi connectivity index (χ3v) is 3.87. The molecule has 0 aliphatic rings. The van der Waals surface area contributed by atoms with Crippen molar-refractivity contribution in [1.82, 2.24) is 4.98 Å². The first-order valence-corrected chi connectivity index (χ1v) is 7.50. The quantitative estimate of drug-likeness (QED) is 0.780. The fraction of sp³-hybridized carbons (Fsp3) is 0.211. The van der Waals surface area contributed by atoms with E-state index in [4.69, 9.17) is 14.5 Å². The number of nitrogens with zero attached hydrogens (tertiary/aromatic N) is 1. The van der Waals surface area contributed by atoms with E-state index in [0.29, 0.717) is 5.75 Å². The molecule has 1 heterocycles. The highest BCUT2D eigenvalue weighted by Gasteiger charge is 2.07. The number of pyridine rings is 1. The van der Waals surface area contributed by atoms with Crippen LogP contribution in [0.4, 0.5) is 0 Å². The number of hydrogen-bond acceptors (Lipinski definition) is 4. The van der Waals surface area contributed by atoms with Crippen LogP contribution in [0.15, 0.2) is 48.5 Å². The van der Waals surface area contributed by atoms with Gasteiger partial charge in [-0.2, -0.15) is 0 Å². The molecule has 2 aromatic carbocycles. The Morgan fingerprint density at radius 2 is 1.70 bits per heavy atom. The molecule has 0 aliphatic heterocycles. The van der Waals surface area contributed by atoms with Crippen molar-refractivity contribution in [2.45, 2.75) is 12.8 Å². The van der Waals surface area contributed by atoms with E-state index >= 15 is 0 Å². The molecule has 0 atom stereocenters. The first-order valence-electron chi connectivity index (χ1n) is 7.50. The summed E-state index contributed by atoms with van der Waals surface area (Å²) in [6.45, 7) is 0. The second-order valence-electron chi connectivity index (χ2n) is 5.34. The van der Waals surface area contributed by atoms with Gasteiger partial charge in [0.05, 0.1) is 19.7 Å². The molecular weight excluding hydrogens is 290 g/mol. The number of aromatic nitrogens is 1. The van der Waals surface area contributed by atoms with Gasteiger partial charge in [0, 0.05) is 17.1 Å². The van der Waals surface area contributed by atoms with Crippen molar-refractivity contribution in [2.24, 2.45) is 0 Å². The molecule has 0 aliphatic carbocycles. The van der Waals surface area contributed by atoms with Crippen molar-refractivity contribution < 1.29 is 14.6 Å². The molecule has 3 rings (SSSR count). The van der Waals surface area contributed by atoms with Gasteiger partial charge in [-0.25, -0.2) is 0 Å². The number of aromatic hydroxyl groups is 1. The predicted octanol–water partition coefficient (Wildman–Crippen LogP) is 3.74. The van der Waals surface area contributed by atoms with Crippen LogP contribution in [0.5, 0.6) is 17.2 Å². The number of methoxy groups -OCH3 is 2. The second-order valence-corrected chi connectivity index (χ2v) is 5.34. The van der Waals surface area contributed by atoms with Gasteiger partial charge in [-0.15, -0.1) is 0 Å². The molecule has 1 aromatic heterocycles. The average Bonchev–Trinajstić information content (AvgIpc) is 2.60. The van der Waals surface area contributed by atoms with Crippen molar-refractivity contribution in [2.75, 3.05) is 14.2 Å². The fourth-order valence-corrected chi connectivity index (χ4v) is 2.64. The summed E-state index contributed by atoms with van der Waals surface area (Å²) in [5, 5.41) is 10.7. The number of fused-ring (bicyclic) bond motifs is 1. The summed E-state index contributed by atoms with van der Waals surface area (Å²) in [4.78, 5) is 4.70. The molecule has 4 heteroatoms. The minimum absolute atomic E-state index is 0.154. The van der Waals surface area contributed by atoms with E-state index in [0.717, 1.165) is 40.8 Å². The second kappa shape index (κ2) is 6.57. The summed E-state index contributed by atoms with van der Waals surface area (Å²) >= 11 is 0. The highest BCUT2D eigenvalue weighted by Crippen LogP contribution is 2.28. The summed E-state index contributed by atoms with van der Waals surface area (Å²) in [5.74, 6) is 1.49. The van der Waals surface area contributed by atoms with E-state index in [-0.39, 0.29) is 5.75 Å². The normalized spacial score (nSPS) is 10.7. The van der Waals surface area contributed by atoms with Gasteiger partial charge in [0.1, 0.15) is 5.75 Å². The Kier molecular flexibility index (Phi) is 4.33. The lowest BCUT2D eigenvalue weighted by molar-refractivity contribution is 0.373. The Bertz CT molecular complexity index is 830. The Balaban J connectivity index is 1.84. The number of phenolic OH excluding ortho intramolecular Hbond substituents is 1. The number of benzene rings is 2. The van der Waals surface area contributed by atoms with Crippen molar-refractivity contribution in [3.05, 3.63) is 59.8 Å². The van der Waals surface area contributed by atoms with Gasteiger partial charge in [0.2, 0.25) is 0 Å². The molecule has 4 nitrogen and oxygen atoms in total. The number of phenols is 1. The molecule has 23 heavy (non-hydrogen) atoms. The minimum atomic E-state index is 0.154. The molecule has 0 spiro atoms. The zero-order chi connectivity index (χ0) is 16.2. The van der Waals surface area contributed by atoms with Gasteiger partial charge in [-0.05, 0) is 42.7 Å². The Morgan fingerprint density at radius 3 is 2.48 bits per heavy atom. The average molecular weight is 309 g/mol. The first kappa shape index (κ1) is 15.2. The third kappa shape index (κ3) is 3.21. The molecule has 0 fully saturated rings. The standard InChI is InChI=1S/C19H19NO3/c1-22-18-12-14(20-16-6-4-3-5-15(16)18)9-7-13-8-10-17(21)19(11-13)23-2/h3-6,8,10-12,21H,7,9H2,1-2H3. The van der Waals surface area contributed by atoms with Gasteiger partial charge in [0.15, 0.2) is 11.5 Å². The molecule has 0 unspecified atom stereocenters. The molecule has 0 radical (unpaired) electrons. The van der Waals surface area contributed by atoms with E-state index in [2.05, 4.69) is 0 Å². The van der Waals surface area contributed by atoms with Crippen LogP contribution in [0.3, 0.4) is 0 Å². The number of aryl methyl sites for hydroxylation is 2. The van der Waals surface area contributed by atoms with E-state index in [1.807, 2.05) is 42.5 Å². The van der Waals surface area contributed by atoms with Crippen LogP contribution in [0.2, 0.25) is 0 Å². The molecule has 0 amide bonds. The van der Waals surface area contributed by atoms with Crippen molar-refractivity contribution in [3.8, 4) is 17.2 Å². The molecule has 1 N–H and O–H groups in total. The maximum atomic E-state index is 9.65. The van der Waals surface area contributed by atoms with Gasteiger partial charge < -0.3 is 14.6 Å². The maximum Gasteiger partial charge on any atom is 0.160 e. The van der Waals surface area contributed by atoms with Crippen LogP contribution in [0, 0.1) is 0 Å². The van der Waals surface area contributed by atoms with Crippen molar-refractivity contribution in [1.29, 1.82) is 0 Å². The molecule has 0 saturated heterocycles. The van der Waals surface area contributed by atoms with E-state index in [1.165, 1.54) is 0 Å². The Labute approximate surface area is 135 Å². The molecule has 118 valence electrons. The fourth-order valence-electron chi connectivity index (χ4n) is 2.64. The maximum absolute atomic E-state index is 9.65. The minimum Gasteiger partial charge on any atom is -0.504 e. The molecule has 0 bridgehead atoms. The Morgan fingerprint density at radius 1 is 0.913 bits per heavy atom. The molecular formula is C19H19NO3. The van der Waals surface area contributed by atoms with Crippen LogP contribution in [0.25, 0.3) is 10.9 Å². The van der Waals surface area contributed by atoms with Crippen LogP contribution in [0.1, 0.15) is 11.3 Å². The molecule has 0 saturated carbocycles. The lowest BCUT2D eigenvalue weighted by atomic mass is 10.1. The van der Waals surface area contributed by atoms with Crippen molar-refractivity contribution >= 4 is 10.9 Å². The van der Waals surface area contributed by atoms with Gasteiger partial charge in [-0.3, -0.25) is 4.98 Å². The van der Waals surface area contributed by atoms with Gasteiger partial charge >= 0.3 is 0 Å². The lowest BCUT2D eigenvalue weighted by Crippen LogP contribution is -1.97. The van der Waals surface area contributed by atoms with Crippen LogP contribution < -0.4 is 9.47 Å². The van der Waals surface area contributed by atoms with E-state index < -0.39 is 0 Å². The zero-order valence-electron chi connectivity index (χ0n) is 13.2. The monoisotopic (exact) mass is 309 g/mol. The summed E-state index contributed by atoms with van der Waals surface area (Å²) < 4.78 is 10.6. The van der Waals surface area contributed by atoms with Crippen LogP contribution >= 0.6 is 0 Å². The number of rotatable bonds is 5. The van der Waals surface area contributed by atoms with E-state index in [1.54, 1.807) is 20.3 Å². The zero-order valence-corrected chi connectivity index (χ0v) is 13.2. The third-order valence-electron chi connectivity index (χ3n) is 3.87. The van der Waals surface area contributed by atoms with E-state index in [9.17, 15) is 5.11 Å². The lowest BCUT2D eigenvalue weighted by Gasteiger charge is -2.09. The van der Waals surface area contributed by atoms with Crippen LogP contribution in [-0.2, 0) is 12.8 Å². The van der Waals surface area contributed by atoms with Gasteiger partial charge in [0.25, 0.3) is 0 Å². The first-order chi connectivity index (χ1) is 11.2. The highest BCUT2D eigenvalue weighted by atomic mass is 16.5. The Hall–Kier alpha value is -2.75.